The van der Waals surface area contributed by atoms with Crippen LogP contribution in [0.3, 0.4) is 0 Å². The van der Waals surface area contributed by atoms with Crippen molar-refractivity contribution in [1.29, 1.82) is 0 Å². The largest absolute Gasteiger partial charge is 0.396 e. The van der Waals surface area contributed by atoms with Crippen LogP contribution in [0, 0.1) is 5.41 Å². The highest BCUT2D eigenvalue weighted by atomic mass is 16.3. The molecule has 0 spiro atoms. The Morgan fingerprint density at radius 3 is 2.45 bits per heavy atom. The van der Waals surface area contributed by atoms with Gasteiger partial charge in [-0.2, -0.15) is 0 Å². The first-order chi connectivity index (χ1) is 9.51. The van der Waals surface area contributed by atoms with Gasteiger partial charge in [-0.25, -0.2) is 0 Å². The van der Waals surface area contributed by atoms with Crippen LogP contribution in [0.25, 0.3) is 0 Å². The van der Waals surface area contributed by atoms with Crippen molar-refractivity contribution in [3.8, 4) is 0 Å². The molecule has 2 N–H and O–H groups in total. The zero-order valence-corrected chi connectivity index (χ0v) is 13.4. The van der Waals surface area contributed by atoms with Gasteiger partial charge in [0.1, 0.15) is 0 Å². The van der Waals surface area contributed by atoms with Gasteiger partial charge in [-0.1, -0.05) is 23.3 Å². The van der Waals surface area contributed by atoms with E-state index in [0.29, 0.717) is 0 Å². The summed E-state index contributed by atoms with van der Waals surface area (Å²) in [6.45, 7) is 9.44. The molecule has 0 saturated carbocycles. The van der Waals surface area contributed by atoms with Gasteiger partial charge in [0.15, 0.2) is 0 Å². The lowest BCUT2D eigenvalue weighted by molar-refractivity contribution is -0.00714. The molecule has 0 bridgehead atoms. The normalized spacial score (nSPS) is 19.9. The third-order valence-electron chi connectivity index (χ3n) is 4.20. The monoisotopic (exact) mass is 281 g/mol. The fraction of sp³-hybridized carbons (Fsp3) is 0.765. The summed E-state index contributed by atoms with van der Waals surface area (Å²) < 4.78 is 0. The SMILES string of the molecule is CC(C)=CCCC(C)=CCN1CCCC(CO)(CO)C1. The minimum absolute atomic E-state index is 0.0866. The molecule has 0 aromatic carbocycles. The van der Waals surface area contributed by atoms with E-state index in [-0.39, 0.29) is 18.6 Å². The molecule has 3 heteroatoms. The van der Waals surface area contributed by atoms with Gasteiger partial charge in [0.25, 0.3) is 0 Å². The van der Waals surface area contributed by atoms with E-state index < -0.39 is 0 Å². The summed E-state index contributed by atoms with van der Waals surface area (Å²) in [4.78, 5) is 2.35. The summed E-state index contributed by atoms with van der Waals surface area (Å²) in [7, 11) is 0. The molecule has 1 heterocycles. The number of likely N-dealkylation sites (tertiary alicyclic amines) is 1. The first kappa shape index (κ1) is 17.4. The Kier molecular flexibility index (Phi) is 7.49. The van der Waals surface area contributed by atoms with Gasteiger partial charge in [0, 0.05) is 18.5 Å². The molecule has 0 aromatic rings. The summed E-state index contributed by atoms with van der Waals surface area (Å²) in [6.07, 6.45) is 8.79. The fourth-order valence-electron chi connectivity index (χ4n) is 2.75. The van der Waals surface area contributed by atoms with E-state index in [1.165, 1.54) is 11.1 Å². The van der Waals surface area contributed by atoms with Crippen LogP contribution in [0.15, 0.2) is 23.3 Å². The van der Waals surface area contributed by atoms with Crippen molar-refractivity contribution in [2.24, 2.45) is 5.41 Å². The Bertz CT molecular complexity index is 339. The number of piperidine rings is 1. The van der Waals surface area contributed by atoms with Gasteiger partial charge in [-0.05, 0) is 53.0 Å². The maximum atomic E-state index is 9.50. The van der Waals surface area contributed by atoms with Crippen molar-refractivity contribution in [3.63, 3.8) is 0 Å². The van der Waals surface area contributed by atoms with Gasteiger partial charge in [0.05, 0.1) is 13.2 Å². The molecule has 1 rings (SSSR count). The van der Waals surface area contributed by atoms with Crippen LogP contribution in [0.5, 0.6) is 0 Å². The van der Waals surface area contributed by atoms with Crippen molar-refractivity contribution >= 4 is 0 Å². The molecule has 116 valence electrons. The number of aliphatic hydroxyl groups is 2. The minimum Gasteiger partial charge on any atom is -0.396 e. The van der Waals surface area contributed by atoms with Crippen LogP contribution < -0.4 is 0 Å². The van der Waals surface area contributed by atoms with Gasteiger partial charge in [-0.3, -0.25) is 4.90 Å². The van der Waals surface area contributed by atoms with Crippen molar-refractivity contribution in [3.05, 3.63) is 23.3 Å². The molecule has 1 fully saturated rings. The summed E-state index contributed by atoms with van der Waals surface area (Å²) in [5, 5.41) is 19.0. The molecule has 1 aliphatic rings. The smallest absolute Gasteiger partial charge is 0.0521 e. The van der Waals surface area contributed by atoms with Crippen LogP contribution in [-0.4, -0.2) is 48.0 Å². The van der Waals surface area contributed by atoms with E-state index in [4.69, 9.17) is 0 Å². The molecule has 1 aliphatic heterocycles. The molecule has 0 amide bonds. The van der Waals surface area contributed by atoms with E-state index in [0.717, 1.165) is 45.3 Å². The highest BCUT2D eigenvalue weighted by Crippen LogP contribution is 2.28. The number of allylic oxidation sites excluding steroid dienone is 3. The lowest BCUT2D eigenvalue weighted by Gasteiger charge is -2.40. The topological polar surface area (TPSA) is 43.7 Å². The first-order valence-electron chi connectivity index (χ1n) is 7.74. The maximum Gasteiger partial charge on any atom is 0.0521 e. The average Bonchev–Trinajstić information content (AvgIpc) is 2.45. The first-order valence-corrected chi connectivity index (χ1v) is 7.74. The van der Waals surface area contributed by atoms with Crippen LogP contribution in [0.2, 0.25) is 0 Å². The second-order valence-corrected chi connectivity index (χ2v) is 6.53. The number of hydrogen-bond acceptors (Lipinski definition) is 3. The predicted octanol–water partition coefficient (Wildman–Crippen LogP) is 2.75. The standard InChI is InChI=1S/C17H31NO2/c1-15(2)6-4-7-16(3)8-11-18-10-5-9-17(12-18,13-19)14-20/h6,8,19-20H,4-5,7,9-14H2,1-3H3. The molecule has 3 nitrogen and oxygen atoms in total. The van der Waals surface area contributed by atoms with Crippen LogP contribution in [-0.2, 0) is 0 Å². The molecular weight excluding hydrogens is 250 g/mol. The Morgan fingerprint density at radius 1 is 1.15 bits per heavy atom. The quantitative estimate of drug-likeness (QED) is 0.705. The molecule has 0 radical (unpaired) electrons. The number of aliphatic hydroxyl groups excluding tert-OH is 2. The average molecular weight is 281 g/mol. The zero-order chi connectivity index (χ0) is 15.0. The molecule has 0 unspecified atom stereocenters. The van der Waals surface area contributed by atoms with E-state index in [9.17, 15) is 10.2 Å². The van der Waals surface area contributed by atoms with Gasteiger partial charge in [0.2, 0.25) is 0 Å². The van der Waals surface area contributed by atoms with Crippen LogP contribution >= 0.6 is 0 Å². The summed E-state index contributed by atoms with van der Waals surface area (Å²) in [5.41, 5.74) is 2.51. The summed E-state index contributed by atoms with van der Waals surface area (Å²) >= 11 is 0. The third kappa shape index (κ3) is 5.78. The molecule has 20 heavy (non-hydrogen) atoms. The van der Waals surface area contributed by atoms with Crippen molar-refractivity contribution in [1.82, 2.24) is 4.90 Å². The highest BCUT2D eigenvalue weighted by molar-refractivity contribution is 5.03. The Balaban J connectivity index is 2.42. The Labute approximate surface area is 124 Å². The summed E-state index contributed by atoms with van der Waals surface area (Å²) in [6, 6.07) is 0. The van der Waals surface area contributed by atoms with Gasteiger partial charge in [-0.15, -0.1) is 0 Å². The molecule has 0 aliphatic carbocycles. The Morgan fingerprint density at radius 2 is 1.85 bits per heavy atom. The van der Waals surface area contributed by atoms with Crippen molar-refractivity contribution < 1.29 is 10.2 Å². The minimum atomic E-state index is -0.290. The predicted molar refractivity (Wildman–Crippen MR) is 84.7 cm³/mol. The maximum absolute atomic E-state index is 9.50. The Hall–Kier alpha value is -0.640. The van der Waals surface area contributed by atoms with E-state index in [1.807, 2.05) is 0 Å². The molecular formula is C17H31NO2. The fourth-order valence-corrected chi connectivity index (χ4v) is 2.75. The van der Waals surface area contributed by atoms with Crippen molar-refractivity contribution in [2.45, 2.75) is 46.5 Å². The van der Waals surface area contributed by atoms with E-state index in [2.05, 4.69) is 37.8 Å². The van der Waals surface area contributed by atoms with E-state index >= 15 is 0 Å². The zero-order valence-electron chi connectivity index (χ0n) is 13.4. The lowest BCUT2D eigenvalue weighted by Crippen LogP contribution is -2.47. The number of hydrogen-bond donors (Lipinski definition) is 2. The van der Waals surface area contributed by atoms with Crippen LogP contribution in [0.4, 0.5) is 0 Å². The van der Waals surface area contributed by atoms with Crippen LogP contribution in [0.1, 0.15) is 46.5 Å². The van der Waals surface area contributed by atoms with Gasteiger partial charge < -0.3 is 10.2 Å². The second-order valence-electron chi connectivity index (χ2n) is 6.53. The van der Waals surface area contributed by atoms with Gasteiger partial charge >= 0.3 is 0 Å². The summed E-state index contributed by atoms with van der Waals surface area (Å²) in [5.74, 6) is 0. The number of nitrogens with zero attached hydrogens (tertiary/aromatic N) is 1. The van der Waals surface area contributed by atoms with E-state index in [1.54, 1.807) is 0 Å². The van der Waals surface area contributed by atoms with Crippen molar-refractivity contribution in [2.75, 3.05) is 32.8 Å². The third-order valence-corrected chi connectivity index (χ3v) is 4.20. The molecule has 0 aromatic heterocycles. The molecule has 1 saturated heterocycles. The highest BCUT2D eigenvalue weighted by Gasteiger charge is 2.33. The molecule has 0 atom stereocenters. The number of rotatable bonds is 7. The lowest BCUT2D eigenvalue weighted by atomic mass is 9.81. The second kappa shape index (κ2) is 8.60.